The fourth-order valence-electron chi connectivity index (χ4n) is 3.61. The van der Waals surface area contributed by atoms with E-state index >= 15 is 0 Å². The molecule has 0 fully saturated rings. The number of sulfonamides is 1. The number of nitrogens with one attached hydrogen (secondary N) is 1. The first-order valence-corrected chi connectivity index (χ1v) is 12.1. The van der Waals surface area contributed by atoms with Gasteiger partial charge in [-0.2, -0.15) is 0 Å². The Morgan fingerprint density at radius 2 is 1.87 bits per heavy atom. The molecule has 7 nitrogen and oxygen atoms in total. The van der Waals surface area contributed by atoms with Crippen molar-refractivity contribution in [3.63, 3.8) is 0 Å². The quantitative estimate of drug-likeness (QED) is 0.702. The second kappa shape index (κ2) is 8.78. The molecular formula is C23H30N2O5S. The number of nitrogens with zero attached hydrogens (tertiary/aromatic N) is 1. The van der Waals surface area contributed by atoms with Gasteiger partial charge < -0.3 is 14.8 Å². The van der Waals surface area contributed by atoms with E-state index in [0.717, 1.165) is 17.6 Å². The third-order valence-electron chi connectivity index (χ3n) is 5.33. The Hall–Kier alpha value is -2.74. The summed E-state index contributed by atoms with van der Waals surface area (Å²) < 4.78 is 36.5. The molecule has 1 aliphatic rings. The smallest absolute Gasteiger partial charge is 0.261 e. The lowest BCUT2D eigenvalue weighted by molar-refractivity contribution is -0.129. The average Bonchev–Trinajstić information content (AvgIpc) is 2.70. The minimum absolute atomic E-state index is 0.170. The van der Waals surface area contributed by atoms with Gasteiger partial charge in [0.15, 0.2) is 6.10 Å². The summed E-state index contributed by atoms with van der Waals surface area (Å²) in [5, 5.41) is 3.12. The van der Waals surface area contributed by atoms with Gasteiger partial charge in [0.2, 0.25) is 10.0 Å². The number of ether oxygens (including phenoxy) is 2. The first-order valence-electron chi connectivity index (χ1n) is 10.3. The van der Waals surface area contributed by atoms with E-state index in [4.69, 9.17) is 9.47 Å². The standard InChI is InChI=1S/C23H30N2O5S/c1-6-20(29-17-13-11-16(12-14-17)25(4)31(5,27)28)22(26)24-19-15-23(2,3)30-21-10-8-7-9-18(19)21/h7-14,19-20H,6,15H2,1-5H3,(H,24,26)/t19-,20+/m1/s1. The highest BCUT2D eigenvalue weighted by Gasteiger charge is 2.35. The molecule has 0 bridgehead atoms. The molecular weight excluding hydrogens is 416 g/mol. The van der Waals surface area contributed by atoms with Crippen LogP contribution in [0, 0.1) is 0 Å². The topological polar surface area (TPSA) is 84.9 Å². The second-order valence-corrected chi connectivity index (χ2v) is 10.4. The summed E-state index contributed by atoms with van der Waals surface area (Å²) in [4.78, 5) is 13.0. The number of carbonyl (C=O) groups is 1. The Kier molecular flexibility index (Phi) is 6.50. The van der Waals surface area contributed by atoms with Gasteiger partial charge in [-0.1, -0.05) is 25.1 Å². The molecule has 1 aliphatic heterocycles. The van der Waals surface area contributed by atoms with Crippen LogP contribution in [0.4, 0.5) is 5.69 Å². The average molecular weight is 447 g/mol. The van der Waals surface area contributed by atoms with Gasteiger partial charge in [0, 0.05) is 19.0 Å². The first-order chi connectivity index (χ1) is 14.5. The molecule has 0 radical (unpaired) electrons. The number of para-hydroxylation sites is 1. The van der Waals surface area contributed by atoms with Crippen LogP contribution in [-0.2, 0) is 14.8 Å². The van der Waals surface area contributed by atoms with Crippen molar-refractivity contribution in [2.75, 3.05) is 17.6 Å². The van der Waals surface area contributed by atoms with E-state index in [-0.39, 0.29) is 11.9 Å². The number of hydrogen-bond donors (Lipinski definition) is 1. The lowest BCUT2D eigenvalue weighted by Crippen LogP contribution is -2.45. The normalized spacial score (nSPS) is 18.3. The van der Waals surface area contributed by atoms with Crippen molar-refractivity contribution in [3.8, 4) is 11.5 Å². The maximum Gasteiger partial charge on any atom is 0.261 e. The Morgan fingerprint density at radius 3 is 2.48 bits per heavy atom. The van der Waals surface area contributed by atoms with Gasteiger partial charge in [-0.15, -0.1) is 0 Å². The highest BCUT2D eigenvalue weighted by molar-refractivity contribution is 7.92. The number of carbonyl (C=O) groups excluding carboxylic acids is 1. The van der Waals surface area contributed by atoms with Crippen molar-refractivity contribution < 1.29 is 22.7 Å². The molecule has 8 heteroatoms. The van der Waals surface area contributed by atoms with Crippen molar-refractivity contribution in [1.29, 1.82) is 0 Å². The number of fused-ring (bicyclic) bond motifs is 1. The number of hydrogen-bond acceptors (Lipinski definition) is 5. The van der Waals surface area contributed by atoms with Crippen LogP contribution in [0.5, 0.6) is 11.5 Å². The predicted molar refractivity (Wildman–Crippen MR) is 121 cm³/mol. The summed E-state index contributed by atoms with van der Waals surface area (Å²) in [5.41, 5.74) is 1.09. The number of benzene rings is 2. The third-order valence-corrected chi connectivity index (χ3v) is 6.54. The summed E-state index contributed by atoms with van der Waals surface area (Å²) >= 11 is 0. The maximum absolute atomic E-state index is 13.0. The zero-order valence-electron chi connectivity index (χ0n) is 18.6. The lowest BCUT2D eigenvalue weighted by atomic mass is 9.89. The van der Waals surface area contributed by atoms with Gasteiger partial charge in [-0.3, -0.25) is 9.10 Å². The first kappa shape index (κ1) is 22.9. The van der Waals surface area contributed by atoms with E-state index < -0.39 is 21.7 Å². The second-order valence-electron chi connectivity index (χ2n) is 8.40. The lowest BCUT2D eigenvalue weighted by Gasteiger charge is -2.38. The van der Waals surface area contributed by atoms with Crippen LogP contribution >= 0.6 is 0 Å². The van der Waals surface area contributed by atoms with Gasteiger partial charge in [0.05, 0.1) is 18.0 Å². The van der Waals surface area contributed by atoms with Gasteiger partial charge in [0.25, 0.3) is 5.91 Å². The van der Waals surface area contributed by atoms with Crippen LogP contribution < -0.4 is 19.1 Å². The molecule has 0 saturated heterocycles. The summed E-state index contributed by atoms with van der Waals surface area (Å²) in [6, 6.07) is 14.2. The molecule has 2 aromatic rings. The predicted octanol–water partition coefficient (Wildman–Crippen LogP) is 3.66. The van der Waals surface area contributed by atoms with E-state index in [1.807, 2.05) is 45.0 Å². The van der Waals surface area contributed by atoms with E-state index in [2.05, 4.69) is 5.32 Å². The molecule has 2 aromatic carbocycles. The van der Waals surface area contributed by atoms with E-state index in [1.165, 1.54) is 11.4 Å². The maximum atomic E-state index is 13.0. The summed E-state index contributed by atoms with van der Waals surface area (Å²) in [7, 11) is -1.86. The van der Waals surface area contributed by atoms with Gasteiger partial charge in [0.1, 0.15) is 17.1 Å². The summed E-state index contributed by atoms with van der Waals surface area (Å²) in [6.45, 7) is 5.90. The Morgan fingerprint density at radius 1 is 1.23 bits per heavy atom. The molecule has 0 aliphatic carbocycles. The van der Waals surface area contributed by atoms with Crippen LogP contribution in [0.25, 0.3) is 0 Å². The summed E-state index contributed by atoms with van der Waals surface area (Å²) in [6.07, 6.45) is 1.62. The molecule has 1 amide bonds. The Bertz CT molecular complexity index is 1030. The van der Waals surface area contributed by atoms with Crippen LogP contribution in [0.2, 0.25) is 0 Å². The van der Waals surface area contributed by atoms with Crippen LogP contribution in [0.3, 0.4) is 0 Å². The minimum Gasteiger partial charge on any atom is -0.487 e. The van der Waals surface area contributed by atoms with Gasteiger partial charge in [-0.25, -0.2) is 8.42 Å². The van der Waals surface area contributed by atoms with Crippen molar-refractivity contribution in [2.24, 2.45) is 0 Å². The van der Waals surface area contributed by atoms with Crippen LogP contribution in [0.1, 0.15) is 45.2 Å². The van der Waals surface area contributed by atoms with Crippen LogP contribution in [0.15, 0.2) is 48.5 Å². The van der Waals surface area contributed by atoms with E-state index in [0.29, 0.717) is 24.3 Å². The SMILES string of the molecule is CC[C@H](Oc1ccc(N(C)S(C)(=O)=O)cc1)C(=O)N[C@@H]1CC(C)(C)Oc2ccccc21. The fourth-order valence-corrected chi connectivity index (χ4v) is 4.11. The van der Waals surface area contributed by atoms with E-state index in [9.17, 15) is 13.2 Å². The van der Waals surface area contributed by atoms with Crippen molar-refractivity contribution in [1.82, 2.24) is 5.32 Å². The highest BCUT2D eigenvalue weighted by Crippen LogP contribution is 2.39. The monoisotopic (exact) mass is 446 g/mol. The molecule has 2 atom stereocenters. The largest absolute Gasteiger partial charge is 0.487 e. The Labute approximate surface area is 184 Å². The van der Waals surface area contributed by atoms with Gasteiger partial charge >= 0.3 is 0 Å². The van der Waals surface area contributed by atoms with Crippen LogP contribution in [-0.4, -0.2) is 39.3 Å². The molecule has 1 N–H and O–H groups in total. The molecule has 0 saturated carbocycles. The fraction of sp³-hybridized carbons (Fsp3) is 0.435. The molecule has 0 spiro atoms. The zero-order chi connectivity index (χ0) is 22.8. The van der Waals surface area contributed by atoms with Crippen molar-refractivity contribution in [3.05, 3.63) is 54.1 Å². The number of rotatable bonds is 7. The molecule has 31 heavy (non-hydrogen) atoms. The molecule has 168 valence electrons. The van der Waals surface area contributed by atoms with Crippen molar-refractivity contribution in [2.45, 2.75) is 51.4 Å². The Balaban J connectivity index is 1.71. The highest BCUT2D eigenvalue weighted by atomic mass is 32.2. The minimum atomic E-state index is -3.34. The molecule has 0 unspecified atom stereocenters. The van der Waals surface area contributed by atoms with Gasteiger partial charge in [-0.05, 0) is 50.6 Å². The summed E-state index contributed by atoms with van der Waals surface area (Å²) in [5.74, 6) is 1.08. The zero-order valence-corrected chi connectivity index (χ0v) is 19.4. The van der Waals surface area contributed by atoms with Crippen molar-refractivity contribution >= 4 is 21.6 Å². The molecule has 3 rings (SSSR count). The third kappa shape index (κ3) is 5.50. The molecule has 0 aromatic heterocycles. The molecule has 1 heterocycles. The number of anilines is 1. The van der Waals surface area contributed by atoms with E-state index in [1.54, 1.807) is 24.3 Å². The number of amides is 1.